The Bertz CT molecular complexity index is 150. The van der Waals surface area contributed by atoms with E-state index in [-0.39, 0.29) is 6.42 Å². The van der Waals surface area contributed by atoms with Crippen LogP contribution in [0.15, 0.2) is 11.1 Å². The molecule has 0 amide bonds. The van der Waals surface area contributed by atoms with E-state index in [1.54, 1.807) is 13.0 Å². The Morgan fingerprint density at radius 2 is 2.30 bits per heavy atom. The third-order valence-corrected chi connectivity index (χ3v) is 1.39. The van der Waals surface area contributed by atoms with E-state index in [9.17, 15) is 4.79 Å². The lowest BCUT2D eigenvalue weighted by atomic mass is 10.3. The van der Waals surface area contributed by atoms with E-state index in [1.165, 1.54) is 0 Å². The van der Waals surface area contributed by atoms with Crippen LogP contribution in [-0.4, -0.2) is 16.5 Å². The second kappa shape index (κ2) is 4.58. The zero-order chi connectivity index (χ0) is 8.15. The van der Waals surface area contributed by atoms with E-state index >= 15 is 0 Å². The van der Waals surface area contributed by atoms with Gasteiger partial charge in [0.25, 0.3) is 0 Å². The highest BCUT2D eigenvalue weighted by Gasteiger charge is 2.10. The molecule has 2 nitrogen and oxygen atoms in total. The molecular weight excluding hydrogens is 175 g/mol. The van der Waals surface area contributed by atoms with Crippen LogP contribution in [0.3, 0.4) is 0 Å². The fourth-order valence-electron chi connectivity index (χ4n) is 0.367. The monoisotopic (exact) mass is 182 g/mol. The molecule has 0 radical (unpaired) electrons. The molecule has 0 heterocycles. The van der Waals surface area contributed by atoms with Crippen molar-refractivity contribution in [3.8, 4) is 0 Å². The van der Waals surface area contributed by atoms with Crippen molar-refractivity contribution in [2.24, 2.45) is 0 Å². The highest BCUT2D eigenvalue weighted by molar-refractivity contribution is 6.30. The topological polar surface area (TPSA) is 37.3 Å². The normalized spacial score (nSPS) is 14.9. The number of alkyl halides is 1. The highest BCUT2D eigenvalue weighted by atomic mass is 35.5. The van der Waals surface area contributed by atoms with Crippen LogP contribution in [0.1, 0.15) is 13.3 Å². The third kappa shape index (κ3) is 4.65. The number of halogens is 2. The molecule has 0 aromatic rings. The van der Waals surface area contributed by atoms with Crippen molar-refractivity contribution in [3.63, 3.8) is 0 Å². The summed E-state index contributed by atoms with van der Waals surface area (Å²) in [5, 5.41) is 7.99. The molecule has 0 fully saturated rings. The smallest absolute Gasteiger partial charge is 0.321 e. The van der Waals surface area contributed by atoms with Crippen LogP contribution in [0.2, 0.25) is 0 Å². The number of hydrogen-bond donors (Lipinski definition) is 1. The Labute approximate surface area is 69.4 Å². The van der Waals surface area contributed by atoms with Gasteiger partial charge in [-0.25, -0.2) is 0 Å². The summed E-state index contributed by atoms with van der Waals surface area (Å²) in [6.07, 6.45) is 1.85. The van der Waals surface area contributed by atoms with Gasteiger partial charge in [0, 0.05) is 5.03 Å². The molecule has 0 spiro atoms. The summed E-state index contributed by atoms with van der Waals surface area (Å²) in [6.45, 7) is 1.67. The maximum atomic E-state index is 10.1. The van der Waals surface area contributed by atoms with Crippen molar-refractivity contribution < 1.29 is 9.90 Å². The van der Waals surface area contributed by atoms with Crippen molar-refractivity contribution in [3.05, 3.63) is 11.1 Å². The number of rotatable bonds is 3. The minimum atomic E-state index is -1.02. The SMILES string of the molecule is C/C(Cl)=C/CC(Cl)C(=O)O. The van der Waals surface area contributed by atoms with Gasteiger partial charge in [0.05, 0.1) is 0 Å². The summed E-state index contributed by atoms with van der Waals surface area (Å²) in [7, 11) is 0. The zero-order valence-corrected chi connectivity index (χ0v) is 6.99. The average Bonchev–Trinajstić information content (AvgIpc) is 1.82. The summed E-state index contributed by atoms with van der Waals surface area (Å²) >= 11 is 10.8. The molecule has 1 unspecified atom stereocenters. The van der Waals surface area contributed by atoms with Gasteiger partial charge >= 0.3 is 5.97 Å². The molecular formula is C6H8Cl2O2. The van der Waals surface area contributed by atoms with E-state index in [0.717, 1.165) is 0 Å². The van der Waals surface area contributed by atoms with Crippen LogP contribution in [-0.2, 0) is 4.79 Å². The molecule has 1 N–H and O–H groups in total. The number of hydrogen-bond acceptors (Lipinski definition) is 1. The van der Waals surface area contributed by atoms with E-state index in [4.69, 9.17) is 28.3 Å². The quantitative estimate of drug-likeness (QED) is 0.681. The Kier molecular flexibility index (Phi) is 4.49. The van der Waals surface area contributed by atoms with Gasteiger partial charge < -0.3 is 5.11 Å². The van der Waals surface area contributed by atoms with Gasteiger partial charge in [-0.3, -0.25) is 4.79 Å². The molecule has 0 saturated heterocycles. The summed E-state index contributed by atoms with van der Waals surface area (Å²) < 4.78 is 0. The summed E-state index contributed by atoms with van der Waals surface area (Å²) in [4.78, 5) is 10.1. The molecule has 0 rings (SSSR count). The maximum Gasteiger partial charge on any atom is 0.321 e. The van der Waals surface area contributed by atoms with E-state index in [0.29, 0.717) is 5.03 Å². The van der Waals surface area contributed by atoms with Crippen LogP contribution in [0, 0.1) is 0 Å². The lowest BCUT2D eigenvalue weighted by Gasteiger charge is -1.97. The molecule has 0 bridgehead atoms. The maximum absolute atomic E-state index is 10.1. The summed E-state index contributed by atoms with van der Waals surface area (Å²) in [5.41, 5.74) is 0. The first-order valence-corrected chi connectivity index (χ1v) is 3.54. The number of carboxylic acids is 1. The average molecular weight is 183 g/mol. The highest BCUT2D eigenvalue weighted by Crippen LogP contribution is 2.07. The van der Waals surface area contributed by atoms with Crippen LogP contribution < -0.4 is 0 Å². The second-order valence-corrected chi connectivity index (χ2v) is 2.96. The molecule has 4 heteroatoms. The molecule has 0 aliphatic heterocycles. The summed E-state index contributed by atoms with van der Waals surface area (Å²) in [6, 6.07) is 0. The first-order valence-electron chi connectivity index (χ1n) is 2.73. The third-order valence-electron chi connectivity index (χ3n) is 0.874. The fraction of sp³-hybridized carbons (Fsp3) is 0.500. The van der Waals surface area contributed by atoms with Crippen molar-refractivity contribution in [1.82, 2.24) is 0 Å². The molecule has 0 saturated carbocycles. The molecule has 58 valence electrons. The van der Waals surface area contributed by atoms with Crippen LogP contribution in [0.4, 0.5) is 0 Å². The second-order valence-electron chi connectivity index (χ2n) is 1.83. The number of carboxylic acid groups (broad SMARTS) is 1. The van der Waals surface area contributed by atoms with Gasteiger partial charge in [-0.1, -0.05) is 17.7 Å². The Morgan fingerprint density at radius 3 is 2.60 bits per heavy atom. The van der Waals surface area contributed by atoms with Crippen molar-refractivity contribution in [2.75, 3.05) is 0 Å². The van der Waals surface area contributed by atoms with Gasteiger partial charge in [-0.05, 0) is 13.3 Å². The number of carbonyl (C=O) groups is 1. The first kappa shape index (κ1) is 9.79. The first-order chi connectivity index (χ1) is 4.54. The molecule has 0 aliphatic carbocycles. The number of allylic oxidation sites excluding steroid dienone is 2. The van der Waals surface area contributed by atoms with Gasteiger partial charge in [-0.2, -0.15) is 0 Å². The molecule has 0 aromatic carbocycles. The van der Waals surface area contributed by atoms with Crippen LogP contribution >= 0.6 is 23.2 Å². The van der Waals surface area contributed by atoms with Gasteiger partial charge in [0.2, 0.25) is 0 Å². The molecule has 1 atom stereocenters. The predicted molar refractivity (Wildman–Crippen MR) is 41.5 cm³/mol. The van der Waals surface area contributed by atoms with E-state index in [1.807, 2.05) is 0 Å². The standard InChI is InChI=1S/C6H8Cl2O2/c1-4(7)2-3-5(8)6(9)10/h2,5H,3H2,1H3,(H,9,10)/b4-2-. The number of aliphatic carboxylic acids is 1. The largest absolute Gasteiger partial charge is 0.480 e. The Morgan fingerprint density at radius 1 is 1.80 bits per heavy atom. The minimum Gasteiger partial charge on any atom is -0.480 e. The van der Waals surface area contributed by atoms with Crippen molar-refractivity contribution in [2.45, 2.75) is 18.7 Å². The lowest BCUT2D eigenvalue weighted by Crippen LogP contribution is -2.11. The van der Waals surface area contributed by atoms with Gasteiger partial charge in [0.1, 0.15) is 5.38 Å². The van der Waals surface area contributed by atoms with Crippen molar-refractivity contribution >= 4 is 29.2 Å². The predicted octanol–water partition coefficient (Wildman–Crippen LogP) is 2.21. The van der Waals surface area contributed by atoms with Gasteiger partial charge in [-0.15, -0.1) is 11.6 Å². The fourth-order valence-corrected chi connectivity index (χ4v) is 0.545. The Hall–Kier alpha value is -0.210. The molecule has 10 heavy (non-hydrogen) atoms. The Balaban J connectivity index is 3.70. The molecule has 0 aliphatic rings. The van der Waals surface area contributed by atoms with E-state index in [2.05, 4.69) is 0 Å². The summed E-state index contributed by atoms with van der Waals surface area (Å²) in [5.74, 6) is -1.02. The van der Waals surface area contributed by atoms with E-state index < -0.39 is 11.3 Å². The van der Waals surface area contributed by atoms with Crippen molar-refractivity contribution in [1.29, 1.82) is 0 Å². The van der Waals surface area contributed by atoms with Crippen LogP contribution in [0.25, 0.3) is 0 Å². The lowest BCUT2D eigenvalue weighted by molar-refractivity contribution is -0.136. The van der Waals surface area contributed by atoms with Gasteiger partial charge in [0.15, 0.2) is 0 Å². The molecule has 0 aromatic heterocycles. The zero-order valence-electron chi connectivity index (χ0n) is 5.47. The van der Waals surface area contributed by atoms with Crippen LogP contribution in [0.5, 0.6) is 0 Å². The minimum absolute atomic E-state index is 0.270.